The molecule has 0 fully saturated rings. The molecular formula is C21H21N3O5S2. The molecular weight excluding hydrogens is 438 g/mol. The topological polar surface area (TPSA) is 106 Å². The number of hydrogen-bond donors (Lipinski definition) is 1. The third-order valence-electron chi connectivity index (χ3n) is 4.76. The van der Waals surface area contributed by atoms with E-state index in [1.165, 1.54) is 17.6 Å². The van der Waals surface area contributed by atoms with Gasteiger partial charge in [-0.25, -0.2) is 13.4 Å². The Morgan fingerprint density at radius 3 is 2.48 bits per heavy atom. The molecule has 0 saturated carbocycles. The highest BCUT2D eigenvalue weighted by atomic mass is 32.2. The van der Waals surface area contributed by atoms with Gasteiger partial charge in [0, 0.05) is 30.0 Å². The fourth-order valence-electron chi connectivity index (χ4n) is 3.26. The van der Waals surface area contributed by atoms with Crippen LogP contribution in [0.4, 0.5) is 5.00 Å². The molecule has 0 unspecified atom stereocenters. The second-order valence-corrected chi connectivity index (χ2v) is 9.84. The van der Waals surface area contributed by atoms with Crippen LogP contribution in [0.25, 0.3) is 16.0 Å². The molecule has 4 rings (SSSR count). The van der Waals surface area contributed by atoms with Crippen LogP contribution in [-0.4, -0.2) is 38.4 Å². The van der Waals surface area contributed by atoms with Crippen molar-refractivity contribution in [2.24, 2.45) is 0 Å². The van der Waals surface area contributed by atoms with Crippen molar-refractivity contribution in [3.05, 3.63) is 54.4 Å². The molecule has 2 aromatic heterocycles. The van der Waals surface area contributed by atoms with Crippen LogP contribution in [0.2, 0.25) is 0 Å². The number of fused-ring (bicyclic) bond motifs is 1. The number of hydrogen-bond acceptors (Lipinski definition) is 8. The number of aromatic nitrogens is 2. The maximum Gasteiger partial charge on any atom is 0.175 e. The average Bonchev–Trinajstić information content (AvgIpc) is 3.33. The van der Waals surface area contributed by atoms with Crippen molar-refractivity contribution in [2.45, 2.75) is 11.5 Å². The lowest BCUT2D eigenvalue weighted by Gasteiger charge is -2.09. The van der Waals surface area contributed by atoms with Crippen LogP contribution in [0.15, 0.2) is 53.7 Å². The van der Waals surface area contributed by atoms with Crippen LogP contribution in [-0.2, 0) is 16.4 Å². The summed E-state index contributed by atoms with van der Waals surface area (Å²) in [7, 11) is -0.205. The molecule has 2 aromatic carbocycles. The van der Waals surface area contributed by atoms with Crippen LogP contribution in [0, 0.1) is 0 Å². The Balaban J connectivity index is 1.65. The summed E-state index contributed by atoms with van der Waals surface area (Å²) in [5.74, 6) is 1.67. The van der Waals surface area contributed by atoms with Crippen molar-refractivity contribution >= 4 is 37.2 Å². The number of rotatable bonds is 7. The van der Waals surface area contributed by atoms with Gasteiger partial charge in [-0.3, -0.25) is 4.57 Å². The van der Waals surface area contributed by atoms with Gasteiger partial charge >= 0.3 is 0 Å². The molecule has 0 spiro atoms. The number of nitrogens with two attached hydrogens (primary N) is 1. The lowest BCUT2D eigenvalue weighted by Crippen LogP contribution is -2.05. The smallest absolute Gasteiger partial charge is 0.175 e. The highest BCUT2D eigenvalue weighted by molar-refractivity contribution is 7.90. The zero-order chi connectivity index (χ0) is 22.2. The fourth-order valence-corrected chi connectivity index (χ4v) is 5.04. The van der Waals surface area contributed by atoms with E-state index in [1.54, 1.807) is 56.9 Å². The van der Waals surface area contributed by atoms with Gasteiger partial charge in [-0.1, -0.05) is 29.5 Å². The Morgan fingerprint density at radius 1 is 1.06 bits per heavy atom. The summed E-state index contributed by atoms with van der Waals surface area (Å²) in [5, 5.41) is 1.28. The second-order valence-electron chi connectivity index (χ2n) is 6.79. The number of sulfone groups is 1. The van der Waals surface area contributed by atoms with E-state index in [9.17, 15) is 8.42 Å². The third-order valence-corrected chi connectivity index (χ3v) is 6.90. The average molecular weight is 460 g/mol. The van der Waals surface area contributed by atoms with E-state index in [4.69, 9.17) is 19.9 Å². The summed E-state index contributed by atoms with van der Waals surface area (Å²) < 4.78 is 42.5. The Labute approximate surface area is 183 Å². The first-order valence-electron chi connectivity index (χ1n) is 9.21. The molecule has 0 aliphatic carbocycles. The summed E-state index contributed by atoms with van der Waals surface area (Å²) in [6.45, 7) is 0.0827. The van der Waals surface area contributed by atoms with Gasteiger partial charge in [0.05, 0.1) is 30.1 Å². The van der Waals surface area contributed by atoms with Gasteiger partial charge in [-0.15, -0.1) is 0 Å². The third kappa shape index (κ3) is 4.04. The number of anilines is 1. The van der Waals surface area contributed by atoms with E-state index in [-0.39, 0.29) is 11.5 Å². The number of methoxy groups -OCH3 is 2. The van der Waals surface area contributed by atoms with Gasteiger partial charge < -0.3 is 19.9 Å². The zero-order valence-corrected chi connectivity index (χ0v) is 18.8. The predicted octanol–water partition coefficient (Wildman–Crippen LogP) is 3.67. The van der Waals surface area contributed by atoms with Crippen molar-refractivity contribution in [3.63, 3.8) is 0 Å². The first-order chi connectivity index (χ1) is 14.8. The first-order valence-corrected chi connectivity index (χ1v) is 11.9. The normalized spacial score (nSPS) is 11.6. The molecule has 0 amide bonds. The molecule has 0 radical (unpaired) electrons. The van der Waals surface area contributed by atoms with E-state index in [0.29, 0.717) is 27.8 Å². The van der Waals surface area contributed by atoms with Gasteiger partial charge in [0.25, 0.3) is 0 Å². The SMILES string of the molecule is COc1cc2ncn(-c3cc(OCc4ccccc4S(C)(=O)=O)c(N)s3)c2cc1OC. The molecule has 8 nitrogen and oxygen atoms in total. The lowest BCUT2D eigenvalue weighted by atomic mass is 10.2. The van der Waals surface area contributed by atoms with Crippen LogP contribution in [0.3, 0.4) is 0 Å². The number of nitrogens with zero attached hydrogens (tertiary/aromatic N) is 2. The summed E-state index contributed by atoms with van der Waals surface area (Å²) in [4.78, 5) is 4.68. The van der Waals surface area contributed by atoms with Crippen molar-refractivity contribution in [1.29, 1.82) is 0 Å². The lowest BCUT2D eigenvalue weighted by molar-refractivity contribution is 0.306. The maximum atomic E-state index is 12.0. The molecule has 4 aromatic rings. The molecule has 2 heterocycles. The van der Waals surface area contributed by atoms with E-state index in [2.05, 4.69) is 4.98 Å². The number of ether oxygens (including phenoxy) is 3. The van der Waals surface area contributed by atoms with Crippen molar-refractivity contribution in [1.82, 2.24) is 9.55 Å². The monoisotopic (exact) mass is 459 g/mol. The Bertz CT molecular complexity index is 1360. The largest absolute Gasteiger partial charge is 0.493 e. The quantitative estimate of drug-likeness (QED) is 0.449. The van der Waals surface area contributed by atoms with E-state index in [0.717, 1.165) is 16.0 Å². The number of benzene rings is 2. The molecule has 162 valence electrons. The van der Waals surface area contributed by atoms with Gasteiger partial charge in [0.2, 0.25) is 0 Å². The minimum atomic E-state index is -3.36. The minimum absolute atomic E-state index is 0.0827. The predicted molar refractivity (Wildman–Crippen MR) is 120 cm³/mol. The van der Waals surface area contributed by atoms with Crippen LogP contribution in [0.5, 0.6) is 17.2 Å². The molecule has 0 aliphatic heterocycles. The number of imidazole rings is 1. The molecule has 0 saturated heterocycles. The second kappa shape index (κ2) is 8.12. The highest BCUT2D eigenvalue weighted by Gasteiger charge is 2.17. The van der Waals surface area contributed by atoms with E-state index >= 15 is 0 Å². The minimum Gasteiger partial charge on any atom is -0.493 e. The van der Waals surface area contributed by atoms with Crippen molar-refractivity contribution in [2.75, 3.05) is 26.2 Å². The van der Waals surface area contributed by atoms with Gasteiger partial charge in [0.15, 0.2) is 27.1 Å². The van der Waals surface area contributed by atoms with Gasteiger partial charge in [-0.2, -0.15) is 0 Å². The van der Waals surface area contributed by atoms with Crippen LogP contribution >= 0.6 is 11.3 Å². The molecule has 2 N–H and O–H groups in total. The van der Waals surface area contributed by atoms with E-state index < -0.39 is 9.84 Å². The Hall–Kier alpha value is -3.24. The van der Waals surface area contributed by atoms with Crippen molar-refractivity contribution < 1.29 is 22.6 Å². The summed E-state index contributed by atoms with van der Waals surface area (Å²) in [6.07, 6.45) is 2.87. The summed E-state index contributed by atoms with van der Waals surface area (Å²) >= 11 is 1.34. The zero-order valence-electron chi connectivity index (χ0n) is 17.2. The fraction of sp³-hybridized carbons (Fsp3) is 0.190. The van der Waals surface area contributed by atoms with E-state index in [1.807, 2.05) is 10.6 Å². The summed E-state index contributed by atoms with van der Waals surface area (Å²) in [6, 6.07) is 12.2. The molecule has 31 heavy (non-hydrogen) atoms. The summed E-state index contributed by atoms with van der Waals surface area (Å²) in [5.41, 5.74) is 8.32. The van der Waals surface area contributed by atoms with Gasteiger partial charge in [-0.05, 0) is 6.07 Å². The molecule has 0 aliphatic rings. The van der Waals surface area contributed by atoms with Crippen LogP contribution in [0.1, 0.15) is 5.56 Å². The van der Waals surface area contributed by atoms with Gasteiger partial charge in [0.1, 0.15) is 22.9 Å². The molecule has 10 heteroatoms. The Kier molecular flexibility index (Phi) is 5.50. The first kappa shape index (κ1) is 21.0. The van der Waals surface area contributed by atoms with Crippen molar-refractivity contribution in [3.8, 4) is 22.2 Å². The number of thiophene rings is 1. The van der Waals surface area contributed by atoms with Crippen LogP contribution < -0.4 is 19.9 Å². The standard InChI is InChI=1S/C21H21N3O5S2/c1-27-16-8-14-15(9-17(16)28-2)24(12-23-14)20-10-18(21(22)30-20)29-11-13-6-4-5-7-19(13)31(3,25)26/h4-10,12H,11,22H2,1-3H3. The Morgan fingerprint density at radius 2 is 1.77 bits per heavy atom. The maximum absolute atomic E-state index is 12.0. The number of nitrogen functional groups attached to an aromatic ring is 1. The highest BCUT2D eigenvalue weighted by Crippen LogP contribution is 2.38. The molecule has 0 bridgehead atoms. The molecule has 0 atom stereocenters.